The number of rotatable bonds is 4. The Morgan fingerprint density at radius 3 is 2.77 bits per heavy atom. The van der Waals surface area contributed by atoms with E-state index in [-0.39, 0.29) is 6.61 Å². The van der Waals surface area contributed by atoms with Gasteiger partial charge in [-0.3, -0.25) is 10.1 Å². The van der Waals surface area contributed by atoms with E-state index in [1.807, 2.05) is 0 Å². The third kappa shape index (κ3) is 3.73. The predicted octanol–water partition coefficient (Wildman–Crippen LogP) is 4.21. The zero-order valence-electron chi connectivity index (χ0n) is 12.8. The lowest BCUT2D eigenvalue weighted by Gasteiger charge is -2.09. The Hall–Kier alpha value is -2.78. The molecular formula is C16H9ClF2N2O4S. The van der Waals surface area contributed by atoms with Crippen LogP contribution in [0.25, 0.3) is 10.2 Å². The van der Waals surface area contributed by atoms with E-state index in [9.17, 15) is 18.4 Å². The zero-order chi connectivity index (χ0) is 18.8. The van der Waals surface area contributed by atoms with E-state index in [0.717, 1.165) is 16.8 Å². The molecule has 1 heterocycles. The number of nitrogens with one attached hydrogen (secondary N) is 1. The molecule has 0 aliphatic carbocycles. The van der Waals surface area contributed by atoms with Crippen molar-refractivity contribution in [3.8, 4) is 5.75 Å². The third-order valence-corrected chi connectivity index (χ3v) is 4.49. The quantitative estimate of drug-likeness (QED) is 0.687. The van der Waals surface area contributed by atoms with Crippen molar-refractivity contribution < 1.29 is 28.2 Å². The van der Waals surface area contributed by atoms with Gasteiger partial charge in [0.15, 0.2) is 11.6 Å². The second-order valence-corrected chi connectivity index (χ2v) is 6.55. The number of halogens is 3. The third-order valence-electron chi connectivity index (χ3n) is 3.25. The SMILES string of the molecule is O=C(O)NC(=O)c1c(F)ccc(OCc2nc3cc(Cl)ccc3s2)c1F. The Morgan fingerprint density at radius 2 is 2.04 bits per heavy atom. The standard InChI is InChI=1S/C16H9ClF2N2O4S/c17-7-1-4-11-9(5-7)20-12(26-11)6-25-10-3-2-8(18)13(14(10)19)15(22)21-16(23)24/h1-5H,6H2,(H,21,22)(H,23,24). The van der Waals surface area contributed by atoms with Gasteiger partial charge in [-0.2, -0.15) is 0 Å². The average Bonchev–Trinajstić information content (AvgIpc) is 2.95. The van der Waals surface area contributed by atoms with Crippen molar-refractivity contribution in [2.45, 2.75) is 6.61 Å². The second-order valence-electron chi connectivity index (χ2n) is 5.00. The summed E-state index contributed by atoms with van der Waals surface area (Å²) in [5.74, 6) is -4.33. The van der Waals surface area contributed by atoms with Crippen LogP contribution in [0.3, 0.4) is 0 Å². The minimum Gasteiger partial charge on any atom is -0.483 e. The van der Waals surface area contributed by atoms with E-state index in [0.29, 0.717) is 15.5 Å². The van der Waals surface area contributed by atoms with Crippen LogP contribution >= 0.6 is 22.9 Å². The number of thiazole rings is 1. The molecule has 10 heteroatoms. The zero-order valence-corrected chi connectivity index (χ0v) is 14.3. The summed E-state index contributed by atoms with van der Waals surface area (Å²) in [6, 6.07) is 6.98. The first kappa shape index (κ1) is 18.0. The predicted molar refractivity (Wildman–Crippen MR) is 90.8 cm³/mol. The van der Waals surface area contributed by atoms with Crippen molar-refractivity contribution in [2.24, 2.45) is 0 Å². The van der Waals surface area contributed by atoms with E-state index >= 15 is 0 Å². The summed E-state index contributed by atoms with van der Waals surface area (Å²) in [5.41, 5.74) is -0.386. The normalized spacial score (nSPS) is 10.7. The van der Waals surface area contributed by atoms with E-state index < -0.39 is 34.9 Å². The van der Waals surface area contributed by atoms with Gasteiger partial charge in [0.2, 0.25) is 0 Å². The lowest BCUT2D eigenvalue weighted by Crippen LogP contribution is -2.30. The summed E-state index contributed by atoms with van der Waals surface area (Å²) in [6.07, 6.45) is -1.73. The molecule has 2 N–H and O–H groups in total. The maximum Gasteiger partial charge on any atom is 0.411 e. The highest BCUT2D eigenvalue weighted by molar-refractivity contribution is 7.18. The van der Waals surface area contributed by atoms with Crippen molar-refractivity contribution in [1.82, 2.24) is 10.3 Å². The molecule has 2 amide bonds. The van der Waals surface area contributed by atoms with Crippen LogP contribution < -0.4 is 10.1 Å². The lowest BCUT2D eigenvalue weighted by molar-refractivity contribution is 0.0938. The molecule has 0 radical (unpaired) electrons. The van der Waals surface area contributed by atoms with E-state index in [1.165, 1.54) is 16.7 Å². The van der Waals surface area contributed by atoms with Gasteiger partial charge in [-0.1, -0.05) is 11.6 Å². The fourth-order valence-electron chi connectivity index (χ4n) is 2.16. The second kappa shape index (κ2) is 7.22. The number of nitrogens with zero attached hydrogens (tertiary/aromatic N) is 1. The number of carbonyl (C=O) groups is 2. The number of aromatic nitrogens is 1. The number of benzene rings is 2. The summed E-state index contributed by atoms with van der Waals surface area (Å²) in [4.78, 5) is 26.4. The highest BCUT2D eigenvalue weighted by Crippen LogP contribution is 2.28. The Bertz CT molecular complexity index is 1020. The van der Waals surface area contributed by atoms with Crippen LogP contribution in [0.2, 0.25) is 5.02 Å². The van der Waals surface area contributed by atoms with Crippen LogP contribution in [0.4, 0.5) is 13.6 Å². The number of imide groups is 1. The van der Waals surface area contributed by atoms with E-state index in [2.05, 4.69) is 4.98 Å². The average molecular weight is 399 g/mol. The topological polar surface area (TPSA) is 88.5 Å². The van der Waals surface area contributed by atoms with Gasteiger partial charge in [-0.05, 0) is 30.3 Å². The van der Waals surface area contributed by atoms with E-state index in [1.54, 1.807) is 18.2 Å². The first-order valence-electron chi connectivity index (χ1n) is 7.05. The van der Waals surface area contributed by atoms with Gasteiger partial charge in [-0.15, -0.1) is 11.3 Å². The van der Waals surface area contributed by atoms with Gasteiger partial charge in [-0.25, -0.2) is 18.6 Å². The Morgan fingerprint density at radius 1 is 1.27 bits per heavy atom. The fraction of sp³-hybridized carbons (Fsp3) is 0.0625. The van der Waals surface area contributed by atoms with Gasteiger partial charge in [0, 0.05) is 5.02 Å². The molecule has 0 aliphatic heterocycles. The summed E-state index contributed by atoms with van der Waals surface area (Å²) < 4.78 is 34.2. The minimum atomic E-state index is -1.73. The van der Waals surface area contributed by atoms with Crippen LogP contribution in [0, 0.1) is 11.6 Å². The number of carboxylic acid groups (broad SMARTS) is 1. The molecule has 134 valence electrons. The number of hydrogen-bond donors (Lipinski definition) is 2. The van der Waals surface area contributed by atoms with Crippen molar-refractivity contribution >= 4 is 45.2 Å². The van der Waals surface area contributed by atoms with Gasteiger partial charge in [0.05, 0.1) is 10.2 Å². The molecule has 3 rings (SSSR count). The molecular weight excluding hydrogens is 390 g/mol. The molecule has 0 bridgehead atoms. The van der Waals surface area contributed by atoms with E-state index in [4.69, 9.17) is 21.4 Å². The van der Waals surface area contributed by atoms with Gasteiger partial charge in [0.1, 0.15) is 23.0 Å². The Balaban J connectivity index is 1.83. The van der Waals surface area contributed by atoms with Crippen molar-refractivity contribution in [3.63, 3.8) is 0 Å². The van der Waals surface area contributed by atoms with Crippen LogP contribution in [0.5, 0.6) is 5.75 Å². The summed E-state index contributed by atoms with van der Waals surface area (Å²) in [5, 5.41) is 10.9. The molecule has 0 aliphatic rings. The molecule has 26 heavy (non-hydrogen) atoms. The molecule has 0 unspecified atom stereocenters. The molecule has 0 spiro atoms. The van der Waals surface area contributed by atoms with Crippen molar-refractivity contribution in [3.05, 3.63) is 57.6 Å². The number of hydrogen-bond acceptors (Lipinski definition) is 5. The molecule has 0 saturated heterocycles. The first-order chi connectivity index (χ1) is 12.3. The number of amides is 2. The monoisotopic (exact) mass is 398 g/mol. The maximum atomic E-state index is 14.3. The molecule has 2 aromatic carbocycles. The van der Waals surface area contributed by atoms with Crippen LogP contribution in [0.1, 0.15) is 15.4 Å². The minimum absolute atomic E-state index is 0.125. The van der Waals surface area contributed by atoms with Gasteiger partial charge in [0.25, 0.3) is 5.91 Å². The maximum absolute atomic E-state index is 14.3. The smallest absolute Gasteiger partial charge is 0.411 e. The van der Waals surface area contributed by atoms with Crippen molar-refractivity contribution in [2.75, 3.05) is 0 Å². The molecule has 0 atom stereocenters. The molecule has 1 aromatic heterocycles. The fourth-order valence-corrected chi connectivity index (χ4v) is 3.19. The van der Waals surface area contributed by atoms with Crippen LogP contribution in [-0.2, 0) is 6.61 Å². The number of carbonyl (C=O) groups excluding carboxylic acids is 1. The highest BCUT2D eigenvalue weighted by atomic mass is 35.5. The summed E-state index contributed by atoms with van der Waals surface area (Å²) in [7, 11) is 0. The molecule has 0 fully saturated rings. The van der Waals surface area contributed by atoms with Gasteiger partial charge >= 0.3 is 6.09 Å². The highest BCUT2D eigenvalue weighted by Gasteiger charge is 2.23. The first-order valence-corrected chi connectivity index (χ1v) is 8.24. The van der Waals surface area contributed by atoms with Crippen molar-refractivity contribution in [1.29, 1.82) is 0 Å². The largest absolute Gasteiger partial charge is 0.483 e. The summed E-state index contributed by atoms with van der Waals surface area (Å²) in [6.45, 7) is -0.125. The Kier molecular flexibility index (Phi) is 5.01. The molecule has 0 saturated carbocycles. The molecule has 3 aromatic rings. The van der Waals surface area contributed by atoms with Crippen LogP contribution in [0.15, 0.2) is 30.3 Å². The summed E-state index contributed by atoms with van der Waals surface area (Å²) >= 11 is 7.19. The number of ether oxygens (including phenoxy) is 1. The van der Waals surface area contributed by atoms with Gasteiger partial charge < -0.3 is 9.84 Å². The Labute approximate surface area is 154 Å². The lowest BCUT2D eigenvalue weighted by atomic mass is 10.1. The molecule has 6 nitrogen and oxygen atoms in total. The number of fused-ring (bicyclic) bond motifs is 1. The van der Waals surface area contributed by atoms with Crippen LogP contribution in [-0.4, -0.2) is 22.1 Å².